The minimum Gasteiger partial charge on any atom is -0.491 e. The summed E-state index contributed by atoms with van der Waals surface area (Å²) in [5, 5.41) is 12.5. The topological polar surface area (TPSA) is 108 Å². The van der Waals surface area contributed by atoms with E-state index < -0.39 is 29.9 Å². The van der Waals surface area contributed by atoms with E-state index in [4.69, 9.17) is 4.74 Å². The van der Waals surface area contributed by atoms with Gasteiger partial charge in [0.1, 0.15) is 29.7 Å². The summed E-state index contributed by atoms with van der Waals surface area (Å²) in [6.45, 7) is 2.72. The van der Waals surface area contributed by atoms with Crippen molar-refractivity contribution in [1.82, 2.24) is 15.3 Å². The molecular weight excluding hydrogens is 459 g/mol. The maximum absolute atomic E-state index is 12.3. The first-order valence-electron chi connectivity index (χ1n) is 10.1. The fourth-order valence-electron chi connectivity index (χ4n) is 3.30. The van der Waals surface area contributed by atoms with E-state index in [1.807, 2.05) is 0 Å². The van der Waals surface area contributed by atoms with Crippen molar-refractivity contribution in [2.75, 3.05) is 13.2 Å². The Morgan fingerprint density at radius 3 is 2.03 bits per heavy atom. The first-order chi connectivity index (χ1) is 15.9. The molecule has 182 valence electrons. The van der Waals surface area contributed by atoms with Crippen LogP contribution in [0.2, 0.25) is 0 Å². The number of hydrogen-bond donors (Lipinski definition) is 2. The van der Waals surface area contributed by atoms with Crippen LogP contribution in [0.4, 0.5) is 18.0 Å². The quantitative estimate of drug-likeness (QED) is 0.247. The summed E-state index contributed by atoms with van der Waals surface area (Å²) in [4.78, 5) is 36.3. The van der Waals surface area contributed by atoms with Gasteiger partial charge in [-0.05, 0) is 49.2 Å². The van der Waals surface area contributed by atoms with E-state index in [-0.39, 0.29) is 25.3 Å². The summed E-state index contributed by atoms with van der Waals surface area (Å²) in [6, 6.07) is 10.3. The van der Waals surface area contributed by atoms with E-state index >= 15 is 0 Å². The maximum atomic E-state index is 12.3. The van der Waals surface area contributed by atoms with Gasteiger partial charge < -0.3 is 14.4 Å². The molecule has 4 amide bonds. The van der Waals surface area contributed by atoms with Crippen LogP contribution in [0.25, 0.3) is 11.1 Å². The van der Waals surface area contributed by atoms with Crippen LogP contribution in [0.15, 0.2) is 48.5 Å². The molecule has 2 N–H and O–H groups in total. The first-order valence-corrected chi connectivity index (χ1v) is 10.1. The molecule has 0 radical (unpaired) electrons. The average Bonchev–Trinajstić information content (AvgIpc) is 2.97. The van der Waals surface area contributed by atoms with Crippen LogP contribution in [-0.4, -0.2) is 64.6 Å². The van der Waals surface area contributed by atoms with Crippen LogP contribution < -0.4 is 14.8 Å². The molecule has 2 aromatic rings. The van der Waals surface area contributed by atoms with Crippen molar-refractivity contribution in [1.29, 1.82) is 0 Å². The van der Waals surface area contributed by atoms with Crippen LogP contribution in [0.5, 0.6) is 11.5 Å². The maximum Gasteiger partial charge on any atom is 0.573 e. The van der Waals surface area contributed by atoms with Gasteiger partial charge in [-0.1, -0.05) is 24.3 Å². The van der Waals surface area contributed by atoms with Crippen LogP contribution in [0, 0.1) is 0 Å². The van der Waals surface area contributed by atoms with Gasteiger partial charge in [0.05, 0.1) is 0 Å². The molecule has 0 bridgehead atoms. The second kappa shape index (κ2) is 9.59. The monoisotopic (exact) mass is 481 g/mol. The predicted molar refractivity (Wildman–Crippen MR) is 112 cm³/mol. The minimum absolute atomic E-state index is 0.162. The smallest absolute Gasteiger partial charge is 0.491 e. The normalized spacial score (nSPS) is 16.1. The van der Waals surface area contributed by atoms with Gasteiger partial charge in [-0.15, -0.1) is 13.2 Å². The SMILES string of the molecule is CC1(C)C(=O)NC(=O)N1C[C@@H](COc1ccc(-c2ccc(OC(F)(F)F)cc2)cc1)N(O)C=O. The summed E-state index contributed by atoms with van der Waals surface area (Å²) < 4.78 is 46.4. The van der Waals surface area contributed by atoms with Crippen molar-refractivity contribution in [2.45, 2.75) is 31.8 Å². The van der Waals surface area contributed by atoms with E-state index in [1.165, 1.54) is 43.0 Å². The van der Waals surface area contributed by atoms with Crippen molar-refractivity contribution >= 4 is 18.3 Å². The number of nitrogens with one attached hydrogen (secondary N) is 1. The molecule has 3 rings (SSSR count). The molecule has 1 atom stereocenters. The number of imide groups is 1. The molecule has 1 fully saturated rings. The van der Waals surface area contributed by atoms with Crippen molar-refractivity contribution < 1.29 is 42.2 Å². The standard InChI is InChI=1S/C22H22F3N3O6/c1-21(2)19(30)26-20(31)27(21)11-16(28(32)13-29)12-33-17-7-3-14(4-8-17)15-5-9-18(10-6-15)34-22(23,24)25/h3-10,13,16,32H,11-12H2,1-2H3,(H,26,30,31)/t16-/m0/s1. The van der Waals surface area contributed by atoms with Crippen LogP contribution in [0.3, 0.4) is 0 Å². The first kappa shape index (κ1) is 24.8. The van der Waals surface area contributed by atoms with E-state index in [9.17, 15) is 32.8 Å². The van der Waals surface area contributed by atoms with Gasteiger partial charge in [0.2, 0.25) is 6.41 Å². The van der Waals surface area contributed by atoms with E-state index in [1.54, 1.807) is 24.3 Å². The third-order valence-electron chi connectivity index (χ3n) is 5.29. The molecule has 1 saturated heterocycles. The fraction of sp³-hybridized carbons (Fsp3) is 0.318. The largest absolute Gasteiger partial charge is 0.573 e. The number of carbonyl (C=O) groups excluding carboxylic acids is 3. The zero-order valence-electron chi connectivity index (χ0n) is 18.2. The second-order valence-corrected chi connectivity index (χ2v) is 7.98. The Labute approximate surface area is 192 Å². The molecule has 1 aliphatic rings. The summed E-state index contributed by atoms with van der Waals surface area (Å²) in [5.41, 5.74) is 0.183. The van der Waals surface area contributed by atoms with E-state index in [0.717, 1.165) is 0 Å². The lowest BCUT2D eigenvalue weighted by atomic mass is 10.0. The summed E-state index contributed by atoms with van der Waals surface area (Å²) in [7, 11) is 0. The molecular formula is C22H22F3N3O6. The lowest BCUT2D eigenvalue weighted by Gasteiger charge is -2.33. The van der Waals surface area contributed by atoms with Gasteiger partial charge in [0, 0.05) is 6.54 Å². The third-order valence-corrected chi connectivity index (χ3v) is 5.29. The molecule has 0 unspecified atom stereocenters. The number of benzene rings is 2. The molecule has 0 aliphatic carbocycles. The summed E-state index contributed by atoms with van der Waals surface area (Å²) in [5.74, 6) is -0.449. The Morgan fingerprint density at radius 1 is 1.06 bits per heavy atom. The Balaban J connectivity index is 1.65. The Bertz CT molecular complexity index is 1040. The highest BCUT2D eigenvalue weighted by molar-refractivity contribution is 6.06. The second-order valence-electron chi connectivity index (χ2n) is 7.98. The van der Waals surface area contributed by atoms with Crippen molar-refractivity contribution in [3.8, 4) is 22.6 Å². The zero-order valence-corrected chi connectivity index (χ0v) is 18.2. The highest BCUT2D eigenvalue weighted by atomic mass is 19.4. The fourth-order valence-corrected chi connectivity index (χ4v) is 3.30. The molecule has 1 aliphatic heterocycles. The molecule has 9 nitrogen and oxygen atoms in total. The van der Waals surface area contributed by atoms with Crippen molar-refractivity contribution in [3.63, 3.8) is 0 Å². The number of nitrogens with zero attached hydrogens (tertiary/aromatic N) is 2. The van der Waals surface area contributed by atoms with Gasteiger partial charge in [0.15, 0.2) is 0 Å². The average molecular weight is 481 g/mol. The predicted octanol–water partition coefficient (Wildman–Crippen LogP) is 3.18. The van der Waals surface area contributed by atoms with Crippen molar-refractivity contribution in [2.24, 2.45) is 0 Å². The number of urea groups is 1. The number of halogens is 3. The van der Waals surface area contributed by atoms with Gasteiger partial charge >= 0.3 is 12.4 Å². The number of amides is 4. The lowest BCUT2D eigenvalue weighted by Crippen LogP contribution is -2.52. The number of hydrogen-bond acceptors (Lipinski definition) is 6. The molecule has 34 heavy (non-hydrogen) atoms. The number of hydroxylamine groups is 2. The van der Waals surface area contributed by atoms with E-state index in [2.05, 4.69) is 10.1 Å². The summed E-state index contributed by atoms with van der Waals surface area (Å²) >= 11 is 0. The molecule has 0 spiro atoms. The van der Waals surface area contributed by atoms with Crippen molar-refractivity contribution in [3.05, 3.63) is 48.5 Å². The number of rotatable bonds is 9. The molecule has 1 heterocycles. The Morgan fingerprint density at radius 2 is 1.59 bits per heavy atom. The van der Waals surface area contributed by atoms with Crippen LogP contribution in [-0.2, 0) is 9.59 Å². The highest BCUT2D eigenvalue weighted by Gasteiger charge is 2.46. The number of carbonyl (C=O) groups is 3. The van der Waals surface area contributed by atoms with Gasteiger partial charge in [0.25, 0.3) is 5.91 Å². The van der Waals surface area contributed by atoms with E-state index in [0.29, 0.717) is 21.9 Å². The highest BCUT2D eigenvalue weighted by Crippen LogP contribution is 2.28. The zero-order chi connectivity index (χ0) is 25.1. The van der Waals surface area contributed by atoms with Gasteiger partial charge in [-0.2, -0.15) is 0 Å². The van der Waals surface area contributed by atoms with Crippen LogP contribution in [0.1, 0.15) is 13.8 Å². The lowest BCUT2D eigenvalue weighted by molar-refractivity contribution is -0.274. The molecule has 0 aromatic heterocycles. The molecule has 12 heteroatoms. The Hall–Kier alpha value is -3.80. The van der Waals surface area contributed by atoms with Gasteiger partial charge in [-0.3, -0.25) is 20.1 Å². The minimum atomic E-state index is -4.77. The molecule has 0 saturated carbocycles. The number of alkyl halides is 3. The number of ether oxygens (including phenoxy) is 2. The third kappa shape index (κ3) is 5.76. The Kier molecular flexibility index (Phi) is 7.01. The summed E-state index contributed by atoms with van der Waals surface area (Å²) in [6.07, 6.45) is -4.59. The van der Waals surface area contributed by atoms with Gasteiger partial charge in [-0.25, -0.2) is 9.86 Å². The molecule has 2 aromatic carbocycles. The van der Waals surface area contributed by atoms with Crippen LogP contribution >= 0.6 is 0 Å².